The Hall–Kier alpha value is -0.900. The highest BCUT2D eigenvalue weighted by Crippen LogP contribution is 2.38. The fourth-order valence-electron chi connectivity index (χ4n) is 2.27. The standard InChI is InChI=1S/C11H19N3O/c1-8-4-3-5-9(8)11-13-10(14-15-11)6-7-12-2/h8-9,12H,3-7H2,1-2H3. The predicted molar refractivity (Wildman–Crippen MR) is 57.7 cm³/mol. The predicted octanol–water partition coefficient (Wildman–Crippen LogP) is 1.74. The number of likely N-dealkylation sites (N-methyl/N-ethyl adjacent to an activating group) is 1. The van der Waals surface area contributed by atoms with Crippen molar-refractivity contribution >= 4 is 0 Å². The second-order valence-corrected chi connectivity index (χ2v) is 4.42. The fourth-order valence-corrected chi connectivity index (χ4v) is 2.27. The van der Waals surface area contributed by atoms with Gasteiger partial charge in [0.15, 0.2) is 5.82 Å². The molecule has 4 heteroatoms. The van der Waals surface area contributed by atoms with E-state index in [4.69, 9.17) is 4.52 Å². The van der Waals surface area contributed by atoms with E-state index in [1.165, 1.54) is 19.3 Å². The summed E-state index contributed by atoms with van der Waals surface area (Å²) in [5.41, 5.74) is 0. The average Bonchev–Trinajstić information content (AvgIpc) is 2.83. The van der Waals surface area contributed by atoms with Gasteiger partial charge in [-0.25, -0.2) is 0 Å². The lowest BCUT2D eigenvalue weighted by Gasteiger charge is -2.08. The Kier molecular flexibility index (Phi) is 3.36. The van der Waals surface area contributed by atoms with Gasteiger partial charge in [-0.2, -0.15) is 4.98 Å². The monoisotopic (exact) mass is 209 g/mol. The molecular weight excluding hydrogens is 190 g/mol. The van der Waals surface area contributed by atoms with E-state index >= 15 is 0 Å². The first-order valence-electron chi connectivity index (χ1n) is 5.78. The quantitative estimate of drug-likeness (QED) is 0.820. The topological polar surface area (TPSA) is 51.0 Å². The number of aromatic nitrogens is 2. The third kappa shape index (κ3) is 2.37. The number of nitrogens with zero attached hydrogens (tertiary/aromatic N) is 2. The van der Waals surface area contributed by atoms with Gasteiger partial charge in [0, 0.05) is 18.9 Å². The SMILES string of the molecule is CNCCc1noc(C2CCCC2C)n1. The maximum absolute atomic E-state index is 5.33. The van der Waals surface area contributed by atoms with Crippen molar-refractivity contribution in [3.8, 4) is 0 Å². The molecule has 4 nitrogen and oxygen atoms in total. The average molecular weight is 209 g/mol. The van der Waals surface area contributed by atoms with E-state index in [1.54, 1.807) is 0 Å². The molecule has 1 aliphatic rings. The van der Waals surface area contributed by atoms with E-state index in [9.17, 15) is 0 Å². The molecule has 0 aliphatic heterocycles. The van der Waals surface area contributed by atoms with Crippen LogP contribution in [0, 0.1) is 5.92 Å². The van der Waals surface area contributed by atoms with Crippen LogP contribution in [0.15, 0.2) is 4.52 Å². The van der Waals surface area contributed by atoms with Gasteiger partial charge in [0.1, 0.15) is 0 Å². The Bertz CT molecular complexity index is 311. The van der Waals surface area contributed by atoms with E-state index in [0.29, 0.717) is 11.8 Å². The zero-order valence-electron chi connectivity index (χ0n) is 9.49. The molecule has 0 aromatic carbocycles. The molecule has 0 saturated heterocycles. The van der Waals surface area contributed by atoms with Gasteiger partial charge >= 0.3 is 0 Å². The normalized spacial score (nSPS) is 26.0. The van der Waals surface area contributed by atoms with Crippen molar-refractivity contribution in [2.45, 2.75) is 38.5 Å². The second kappa shape index (κ2) is 4.75. The van der Waals surface area contributed by atoms with Crippen LogP contribution >= 0.6 is 0 Å². The summed E-state index contributed by atoms with van der Waals surface area (Å²) < 4.78 is 5.33. The largest absolute Gasteiger partial charge is 0.339 e. The lowest BCUT2D eigenvalue weighted by atomic mass is 9.98. The molecular formula is C11H19N3O. The van der Waals surface area contributed by atoms with Crippen LogP contribution in [-0.2, 0) is 6.42 Å². The van der Waals surface area contributed by atoms with Gasteiger partial charge in [-0.3, -0.25) is 0 Å². The van der Waals surface area contributed by atoms with E-state index < -0.39 is 0 Å². The van der Waals surface area contributed by atoms with Gasteiger partial charge in [-0.1, -0.05) is 18.5 Å². The first-order valence-corrected chi connectivity index (χ1v) is 5.78. The maximum Gasteiger partial charge on any atom is 0.230 e. The molecule has 0 radical (unpaired) electrons. The summed E-state index contributed by atoms with van der Waals surface area (Å²) in [5, 5.41) is 7.09. The van der Waals surface area contributed by atoms with Crippen molar-refractivity contribution in [3.05, 3.63) is 11.7 Å². The molecule has 15 heavy (non-hydrogen) atoms. The Morgan fingerprint density at radius 1 is 1.47 bits per heavy atom. The molecule has 1 aromatic rings. The Balaban J connectivity index is 1.99. The van der Waals surface area contributed by atoms with Crippen LogP contribution in [0.2, 0.25) is 0 Å². The van der Waals surface area contributed by atoms with Gasteiger partial charge in [-0.05, 0) is 25.8 Å². The summed E-state index contributed by atoms with van der Waals surface area (Å²) in [6, 6.07) is 0. The number of rotatable bonds is 4. The van der Waals surface area contributed by atoms with E-state index in [-0.39, 0.29) is 0 Å². The maximum atomic E-state index is 5.33. The summed E-state index contributed by atoms with van der Waals surface area (Å²) in [6.07, 6.45) is 4.63. The molecule has 2 rings (SSSR count). The van der Waals surface area contributed by atoms with Crippen LogP contribution in [0.4, 0.5) is 0 Å². The highest BCUT2D eigenvalue weighted by molar-refractivity contribution is 4.99. The fraction of sp³-hybridized carbons (Fsp3) is 0.818. The third-order valence-corrected chi connectivity index (χ3v) is 3.26. The first kappa shape index (κ1) is 10.6. The lowest BCUT2D eigenvalue weighted by molar-refractivity contribution is 0.328. The molecule has 1 fully saturated rings. The van der Waals surface area contributed by atoms with Crippen molar-refractivity contribution in [1.82, 2.24) is 15.5 Å². The molecule has 84 valence electrons. The number of hydrogen-bond acceptors (Lipinski definition) is 4. The van der Waals surface area contributed by atoms with Crippen LogP contribution in [0.5, 0.6) is 0 Å². The summed E-state index contributed by atoms with van der Waals surface area (Å²) in [7, 11) is 1.93. The summed E-state index contributed by atoms with van der Waals surface area (Å²) in [5.74, 6) is 2.88. The first-order chi connectivity index (χ1) is 7.31. The summed E-state index contributed by atoms with van der Waals surface area (Å²) in [6.45, 7) is 3.17. The van der Waals surface area contributed by atoms with Crippen molar-refractivity contribution in [2.24, 2.45) is 5.92 Å². The molecule has 0 bridgehead atoms. The van der Waals surface area contributed by atoms with Crippen molar-refractivity contribution in [3.63, 3.8) is 0 Å². The minimum absolute atomic E-state index is 0.501. The summed E-state index contributed by atoms with van der Waals surface area (Å²) in [4.78, 5) is 4.46. The highest BCUT2D eigenvalue weighted by Gasteiger charge is 2.29. The second-order valence-electron chi connectivity index (χ2n) is 4.42. The zero-order chi connectivity index (χ0) is 10.7. The number of hydrogen-bond donors (Lipinski definition) is 1. The van der Waals surface area contributed by atoms with Crippen LogP contribution < -0.4 is 5.32 Å². The van der Waals surface area contributed by atoms with Crippen LogP contribution in [0.3, 0.4) is 0 Å². The van der Waals surface area contributed by atoms with Crippen LogP contribution in [-0.4, -0.2) is 23.7 Å². The van der Waals surface area contributed by atoms with Crippen molar-refractivity contribution in [2.75, 3.05) is 13.6 Å². The zero-order valence-corrected chi connectivity index (χ0v) is 9.49. The molecule has 1 aliphatic carbocycles. The molecule has 1 N–H and O–H groups in total. The Morgan fingerprint density at radius 3 is 3.00 bits per heavy atom. The molecule has 0 spiro atoms. The third-order valence-electron chi connectivity index (χ3n) is 3.26. The van der Waals surface area contributed by atoms with E-state index in [1.807, 2.05) is 7.05 Å². The van der Waals surface area contributed by atoms with Gasteiger partial charge < -0.3 is 9.84 Å². The van der Waals surface area contributed by atoms with E-state index in [2.05, 4.69) is 22.4 Å². The Labute approximate surface area is 90.4 Å². The van der Waals surface area contributed by atoms with Gasteiger partial charge in [0.25, 0.3) is 0 Å². The van der Waals surface area contributed by atoms with Gasteiger partial charge in [-0.15, -0.1) is 0 Å². The van der Waals surface area contributed by atoms with Crippen LogP contribution in [0.1, 0.15) is 43.8 Å². The molecule has 2 atom stereocenters. The van der Waals surface area contributed by atoms with Crippen molar-refractivity contribution in [1.29, 1.82) is 0 Å². The Morgan fingerprint density at radius 2 is 2.33 bits per heavy atom. The molecule has 2 unspecified atom stereocenters. The minimum Gasteiger partial charge on any atom is -0.339 e. The molecule has 0 amide bonds. The molecule has 1 aromatic heterocycles. The van der Waals surface area contributed by atoms with Crippen molar-refractivity contribution < 1.29 is 4.52 Å². The van der Waals surface area contributed by atoms with Crippen LogP contribution in [0.25, 0.3) is 0 Å². The summed E-state index contributed by atoms with van der Waals surface area (Å²) >= 11 is 0. The minimum atomic E-state index is 0.501. The smallest absolute Gasteiger partial charge is 0.230 e. The lowest BCUT2D eigenvalue weighted by Crippen LogP contribution is -2.11. The number of nitrogens with one attached hydrogen (secondary N) is 1. The molecule has 1 heterocycles. The molecule has 1 saturated carbocycles. The highest BCUT2D eigenvalue weighted by atomic mass is 16.5. The van der Waals surface area contributed by atoms with E-state index in [0.717, 1.165) is 24.7 Å². The van der Waals surface area contributed by atoms with Gasteiger partial charge in [0.05, 0.1) is 0 Å². The van der Waals surface area contributed by atoms with Gasteiger partial charge in [0.2, 0.25) is 5.89 Å².